The van der Waals surface area contributed by atoms with E-state index in [1.165, 1.54) is 0 Å². The minimum Gasteiger partial charge on any atom is -0.480 e. The van der Waals surface area contributed by atoms with Crippen LogP contribution in [0.3, 0.4) is 0 Å². The average molecular weight is 213 g/mol. The molecule has 0 aromatic carbocycles. The van der Waals surface area contributed by atoms with Crippen molar-refractivity contribution in [3.63, 3.8) is 0 Å². The Morgan fingerprint density at radius 2 is 1.87 bits per heavy atom. The van der Waals surface area contributed by atoms with Crippen molar-refractivity contribution in [2.24, 2.45) is 0 Å². The molecule has 0 spiro atoms. The van der Waals surface area contributed by atoms with Crippen LogP contribution in [0.2, 0.25) is 0 Å². The molecule has 3 unspecified atom stereocenters. The van der Waals surface area contributed by atoms with Gasteiger partial charge in [0.25, 0.3) is 0 Å². The number of carboxylic acid groups (broad SMARTS) is 1. The van der Waals surface area contributed by atoms with E-state index in [0.29, 0.717) is 0 Å². The molecule has 1 aliphatic heterocycles. The van der Waals surface area contributed by atoms with Crippen molar-refractivity contribution < 1.29 is 15.0 Å². The first-order chi connectivity index (χ1) is 7.20. The first kappa shape index (κ1) is 10.9. The van der Waals surface area contributed by atoms with E-state index >= 15 is 0 Å². The smallest absolute Gasteiger partial charge is 0.320 e. The number of nitrogens with zero attached hydrogens (tertiary/aromatic N) is 1. The highest BCUT2D eigenvalue weighted by Gasteiger charge is 2.38. The van der Waals surface area contributed by atoms with Crippen LogP contribution in [0.4, 0.5) is 0 Å². The molecule has 15 heavy (non-hydrogen) atoms. The van der Waals surface area contributed by atoms with E-state index in [4.69, 9.17) is 5.11 Å². The average Bonchev–Trinajstić information content (AvgIpc) is 2.67. The van der Waals surface area contributed by atoms with Crippen LogP contribution in [0.5, 0.6) is 0 Å². The summed E-state index contributed by atoms with van der Waals surface area (Å²) in [5.74, 6) is -0.731. The third-order valence-electron chi connectivity index (χ3n) is 3.70. The van der Waals surface area contributed by atoms with Gasteiger partial charge in [0.15, 0.2) is 0 Å². The Labute approximate surface area is 89.9 Å². The summed E-state index contributed by atoms with van der Waals surface area (Å²) < 4.78 is 0. The van der Waals surface area contributed by atoms with Gasteiger partial charge in [-0.25, -0.2) is 0 Å². The largest absolute Gasteiger partial charge is 0.480 e. The second kappa shape index (κ2) is 4.49. The molecule has 1 aliphatic carbocycles. The van der Waals surface area contributed by atoms with E-state index in [1.54, 1.807) is 0 Å². The number of hydrogen-bond donors (Lipinski definition) is 2. The number of carbonyl (C=O) groups is 1. The van der Waals surface area contributed by atoms with Crippen molar-refractivity contribution in [2.75, 3.05) is 6.54 Å². The zero-order valence-electron chi connectivity index (χ0n) is 8.93. The van der Waals surface area contributed by atoms with Crippen LogP contribution in [0, 0.1) is 0 Å². The second-order valence-electron chi connectivity index (χ2n) is 4.65. The van der Waals surface area contributed by atoms with Crippen LogP contribution in [-0.2, 0) is 4.79 Å². The van der Waals surface area contributed by atoms with Gasteiger partial charge in [0, 0.05) is 6.04 Å². The SMILES string of the molecule is O=C(O)C1CCCN1C1CCCCC1O. The van der Waals surface area contributed by atoms with Gasteiger partial charge in [0.2, 0.25) is 0 Å². The first-order valence-corrected chi connectivity index (χ1v) is 5.87. The quantitative estimate of drug-likeness (QED) is 0.713. The molecule has 0 aromatic heterocycles. The lowest BCUT2D eigenvalue weighted by atomic mass is 9.91. The number of rotatable bonds is 2. The van der Waals surface area contributed by atoms with E-state index in [9.17, 15) is 9.90 Å². The van der Waals surface area contributed by atoms with Crippen molar-refractivity contribution in [3.05, 3.63) is 0 Å². The fraction of sp³-hybridized carbons (Fsp3) is 0.909. The van der Waals surface area contributed by atoms with Gasteiger partial charge < -0.3 is 10.2 Å². The number of carboxylic acids is 1. The number of aliphatic hydroxyl groups excluding tert-OH is 1. The summed E-state index contributed by atoms with van der Waals surface area (Å²) in [6, 6.07) is -0.273. The minimum atomic E-state index is -0.731. The van der Waals surface area contributed by atoms with Gasteiger partial charge in [0.1, 0.15) is 6.04 Å². The second-order valence-corrected chi connectivity index (χ2v) is 4.65. The maximum absolute atomic E-state index is 11.0. The summed E-state index contributed by atoms with van der Waals surface area (Å²) >= 11 is 0. The van der Waals surface area contributed by atoms with Crippen LogP contribution < -0.4 is 0 Å². The van der Waals surface area contributed by atoms with Gasteiger partial charge >= 0.3 is 5.97 Å². The maximum atomic E-state index is 11.0. The predicted molar refractivity (Wildman–Crippen MR) is 55.6 cm³/mol. The van der Waals surface area contributed by atoms with Crippen molar-refractivity contribution in [1.29, 1.82) is 0 Å². The van der Waals surface area contributed by atoms with Gasteiger partial charge in [0.05, 0.1) is 6.10 Å². The van der Waals surface area contributed by atoms with E-state index in [-0.39, 0.29) is 18.2 Å². The van der Waals surface area contributed by atoms with Crippen molar-refractivity contribution in [3.8, 4) is 0 Å². The lowest BCUT2D eigenvalue weighted by Gasteiger charge is -2.37. The molecule has 0 bridgehead atoms. The zero-order chi connectivity index (χ0) is 10.8. The van der Waals surface area contributed by atoms with Crippen molar-refractivity contribution in [2.45, 2.75) is 56.7 Å². The molecule has 1 heterocycles. The Hall–Kier alpha value is -0.610. The topological polar surface area (TPSA) is 60.8 Å². The molecule has 2 fully saturated rings. The third kappa shape index (κ3) is 2.16. The number of aliphatic hydroxyl groups is 1. The molecule has 2 N–H and O–H groups in total. The van der Waals surface area contributed by atoms with E-state index < -0.39 is 5.97 Å². The highest BCUT2D eigenvalue weighted by atomic mass is 16.4. The molecule has 4 nitrogen and oxygen atoms in total. The number of likely N-dealkylation sites (tertiary alicyclic amines) is 1. The number of hydrogen-bond acceptors (Lipinski definition) is 3. The molecular weight excluding hydrogens is 194 g/mol. The van der Waals surface area contributed by atoms with Crippen LogP contribution in [0.25, 0.3) is 0 Å². The van der Waals surface area contributed by atoms with Gasteiger partial charge in [-0.15, -0.1) is 0 Å². The molecule has 1 saturated heterocycles. The highest BCUT2D eigenvalue weighted by molar-refractivity contribution is 5.73. The Bertz CT molecular complexity index is 244. The standard InChI is InChI=1S/C11H19NO3/c13-10-6-2-1-4-8(10)12-7-3-5-9(12)11(14)15/h8-10,13H,1-7H2,(H,14,15). The molecule has 2 rings (SSSR count). The number of aliphatic carboxylic acids is 1. The fourth-order valence-corrected chi connectivity index (χ4v) is 2.93. The van der Waals surface area contributed by atoms with Crippen LogP contribution in [0.15, 0.2) is 0 Å². The highest BCUT2D eigenvalue weighted by Crippen LogP contribution is 2.29. The molecule has 86 valence electrons. The molecule has 1 saturated carbocycles. The maximum Gasteiger partial charge on any atom is 0.320 e. The van der Waals surface area contributed by atoms with E-state index in [2.05, 4.69) is 0 Å². The molecule has 0 radical (unpaired) electrons. The summed E-state index contributed by atoms with van der Waals surface area (Å²) in [6.45, 7) is 0.832. The molecular formula is C11H19NO3. The summed E-state index contributed by atoms with van der Waals surface area (Å²) in [5, 5.41) is 19.0. The van der Waals surface area contributed by atoms with Crippen LogP contribution >= 0.6 is 0 Å². The van der Waals surface area contributed by atoms with Crippen LogP contribution in [-0.4, -0.2) is 45.8 Å². The molecule has 3 atom stereocenters. The van der Waals surface area contributed by atoms with E-state index in [0.717, 1.165) is 45.1 Å². The monoisotopic (exact) mass is 213 g/mol. The summed E-state index contributed by atoms with van der Waals surface area (Å²) in [7, 11) is 0. The Morgan fingerprint density at radius 1 is 1.13 bits per heavy atom. The lowest BCUT2D eigenvalue weighted by molar-refractivity contribution is -0.144. The fourth-order valence-electron chi connectivity index (χ4n) is 2.93. The Kier molecular flexibility index (Phi) is 3.26. The van der Waals surface area contributed by atoms with Gasteiger partial charge in [-0.1, -0.05) is 12.8 Å². The molecule has 0 aromatic rings. The third-order valence-corrected chi connectivity index (χ3v) is 3.70. The summed E-state index contributed by atoms with van der Waals surface area (Å²) in [6.07, 6.45) is 5.32. The minimum absolute atomic E-state index is 0.0855. The van der Waals surface area contributed by atoms with Gasteiger partial charge in [-0.3, -0.25) is 9.69 Å². The normalized spacial score (nSPS) is 38.1. The predicted octanol–water partition coefficient (Wildman–Crippen LogP) is 0.839. The summed E-state index contributed by atoms with van der Waals surface area (Å²) in [5.41, 5.74) is 0. The Balaban J connectivity index is 2.04. The molecule has 0 amide bonds. The zero-order valence-corrected chi connectivity index (χ0v) is 8.93. The van der Waals surface area contributed by atoms with Crippen molar-refractivity contribution >= 4 is 5.97 Å². The van der Waals surface area contributed by atoms with Gasteiger partial charge in [-0.05, 0) is 32.2 Å². The van der Waals surface area contributed by atoms with Gasteiger partial charge in [-0.2, -0.15) is 0 Å². The first-order valence-electron chi connectivity index (χ1n) is 5.87. The van der Waals surface area contributed by atoms with Crippen molar-refractivity contribution in [1.82, 2.24) is 4.90 Å². The molecule has 2 aliphatic rings. The van der Waals surface area contributed by atoms with E-state index in [1.807, 2.05) is 4.90 Å². The lowest BCUT2D eigenvalue weighted by Crippen LogP contribution is -2.50. The molecule has 4 heteroatoms. The van der Waals surface area contributed by atoms with Crippen LogP contribution in [0.1, 0.15) is 38.5 Å². The Morgan fingerprint density at radius 3 is 2.53 bits per heavy atom. The summed E-state index contributed by atoms with van der Waals surface area (Å²) in [4.78, 5) is 13.0.